The van der Waals surface area contributed by atoms with E-state index in [1.165, 1.54) is 6.26 Å². The van der Waals surface area contributed by atoms with Gasteiger partial charge in [0.25, 0.3) is 0 Å². The minimum absolute atomic E-state index is 0.0799. The molecule has 0 aliphatic heterocycles. The van der Waals surface area contributed by atoms with Crippen LogP contribution in [0.15, 0.2) is 52.3 Å². The Hall–Kier alpha value is -1.66. The average Bonchev–Trinajstić information content (AvgIpc) is 2.40. The lowest BCUT2D eigenvalue weighted by atomic mass is 10.2. The van der Waals surface area contributed by atoms with Gasteiger partial charge in [0.15, 0.2) is 9.84 Å². The number of phenolic OH excluding ortho intramolecular Hbond substituents is 1. The zero-order valence-corrected chi connectivity index (χ0v) is 12.5. The third-order valence-corrected chi connectivity index (χ3v) is 4.96. The van der Waals surface area contributed by atoms with Crippen molar-refractivity contribution in [3.63, 3.8) is 0 Å². The van der Waals surface area contributed by atoms with E-state index in [0.29, 0.717) is 16.3 Å². The Morgan fingerprint density at radius 2 is 1.80 bits per heavy atom. The van der Waals surface area contributed by atoms with E-state index >= 15 is 0 Å². The van der Waals surface area contributed by atoms with Crippen molar-refractivity contribution in [1.29, 1.82) is 0 Å². The molecule has 2 rings (SSSR count). The summed E-state index contributed by atoms with van der Waals surface area (Å²) in [6, 6.07) is 11.9. The van der Waals surface area contributed by atoms with Crippen LogP contribution in [0.4, 0.5) is 5.69 Å². The van der Waals surface area contributed by atoms with E-state index in [2.05, 4.69) is 0 Å². The maximum Gasteiger partial charge on any atom is 0.175 e. The molecule has 0 saturated heterocycles. The number of hydrogen-bond donors (Lipinski definition) is 2. The number of nitrogens with two attached hydrogens (primary N) is 1. The molecule has 4 nitrogen and oxygen atoms in total. The van der Waals surface area contributed by atoms with Gasteiger partial charge in [0.2, 0.25) is 0 Å². The monoisotopic (exact) mass is 309 g/mol. The quantitative estimate of drug-likeness (QED) is 0.515. The first kappa shape index (κ1) is 14.7. The molecule has 0 spiro atoms. The van der Waals surface area contributed by atoms with Crippen molar-refractivity contribution in [2.24, 2.45) is 0 Å². The highest BCUT2D eigenvalue weighted by molar-refractivity contribution is 7.98. The Bertz CT molecular complexity index is 710. The second-order valence-electron chi connectivity index (χ2n) is 4.43. The normalized spacial score (nSPS) is 11.4. The lowest BCUT2D eigenvalue weighted by molar-refractivity contribution is 0.478. The Labute approximate surface area is 122 Å². The van der Waals surface area contributed by atoms with E-state index in [9.17, 15) is 13.5 Å². The van der Waals surface area contributed by atoms with Crippen molar-refractivity contribution >= 4 is 27.3 Å². The molecule has 106 valence electrons. The van der Waals surface area contributed by atoms with Gasteiger partial charge >= 0.3 is 0 Å². The Morgan fingerprint density at radius 3 is 2.35 bits per heavy atom. The van der Waals surface area contributed by atoms with Gasteiger partial charge < -0.3 is 10.8 Å². The fraction of sp³-hybridized carbons (Fsp3) is 0.143. The minimum atomic E-state index is -3.15. The van der Waals surface area contributed by atoms with Crippen LogP contribution in [-0.2, 0) is 15.6 Å². The molecule has 0 aliphatic rings. The van der Waals surface area contributed by atoms with E-state index in [-0.39, 0.29) is 5.75 Å². The minimum Gasteiger partial charge on any atom is -0.506 e. The average molecular weight is 309 g/mol. The zero-order chi connectivity index (χ0) is 14.8. The number of hydrogen-bond acceptors (Lipinski definition) is 5. The number of nitrogen functional groups attached to an aromatic ring is 1. The Kier molecular flexibility index (Phi) is 4.25. The number of rotatable bonds is 4. The van der Waals surface area contributed by atoms with Crippen molar-refractivity contribution in [2.75, 3.05) is 12.0 Å². The number of aromatic hydroxyl groups is 1. The SMILES string of the molecule is CS(=O)(=O)c1ccc(SCc2ccc(O)c(N)c2)cc1. The number of sulfone groups is 1. The third-order valence-electron chi connectivity index (χ3n) is 2.75. The molecule has 0 amide bonds. The highest BCUT2D eigenvalue weighted by atomic mass is 32.2. The summed E-state index contributed by atoms with van der Waals surface area (Å²) < 4.78 is 22.7. The summed E-state index contributed by atoms with van der Waals surface area (Å²) >= 11 is 1.58. The van der Waals surface area contributed by atoms with Gasteiger partial charge in [0.05, 0.1) is 10.6 Å². The van der Waals surface area contributed by atoms with Crippen LogP contribution in [0.2, 0.25) is 0 Å². The van der Waals surface area contributed by atoms with E-state index < -0.39 is 9.84 Å². The molecule has 20 heavy (non-hydrogen) atoms. The molecule has 3 N–H and O–H groups in total. The van der Waals surface area contributed by atoms with Crippen molar-refractivity contribution in [1.82, 2.24) is 0 Å². The molecule has 0 aromatic heterocycles. The van der Waals surface area contributed by atoms with E-state index in [1.807, 2.05) is 6.07 Å². The molecule has 2 aromatic carbocycles. The second kappa shape index (κ2) is 5.76. The van der Waals surface area contributed by atoms with Gasteiger partial charge in [0, 0.05) is 16.9 Å². The van der Waals surface area contributed by atoms with Crippen LogP contribution in [0.25, 0.3) is 0 Å². The fourth-order valence-electron chi connectivity index (χ4n) is 1.64. The van der Waals surface area contributed by atoms with Crippen LogP contribution in [0.5, 0.6) is 5.75 Å². The summed E-state index contributed by atoms with van der Waals surface area (Å²) in [5, 5.41) is 9.35. The summed E-state index contributed by atoms with van der Waals surface area (Å²) in [6.07, 6.45) is 1.19. The van der Waals surface area contributed by atoms with Gasteiger partial charge in [-0.15, -0.1) is 11.8 Å². The Balaban J connectivity index is 2.06. The van der Waals surface area contributed by atoms with Gasteiger partial charge in [-0.25, -0.2) is 8.42 Å². The third kappa shape index (κ3) is 3.68. The largest absolute Gasteiger partial charge is 0.506 e. The molecule has 0 atom stereocenters. The standard InChI is InChI=1S/C14H15NO3S2/c1-20(17,18)12-5-3-11(4-6-12)19-9-10-2-7-14(16)13(15)8-10/h2-8,16H,9,15H2,1H3. The number of anilines is 1. The first-order valence-electron chi connectivity index (χ1n) is 5.86. The smallest absolute Gasteiger partial charge is 0.175 e. The predicted octanol–water partition coefficient (Wildman–Crippen LogP) is 2.67. The zero-order valence-electron chi connectivity index (χ0n) is 10.9. The summed E-state index contributed by atoms with van der Waals surface area (Å²) in [7, 11) is -3.15. The lowest BCUT2D eigenvalue weighted by Crippen LogP contribution is -1.96. The maximum atomic E-state index is 11.3. The molecule has 0 unspecified atom stereocenters. The van der Waals surface area contributed by atoms with Crippen molar-refractivity contribution in [3.8, 4) is 5.75 Å². The van der Waals surface area contributed by atoms with Crippen LogP contribution in [0.3, 0.4) is 0 Å². The molecular weight excluding hydrogens is 294 g/mol. The molecule has 2 aromatic rings. The van der Waals surface area contributed by atoms with Gasteiger partial charge in [-0.2, -0.15) is 0 Å². The number of thioether (sulfide) groups is 1. The van der Waals surface area contributed by atoms with Crippen molar-refractivity contribution in [3.05, 3.63) is 48.0 Å². The van der Waals surface area contributed by atoms with Crippen LogP contribution in [-0.4, -0.2) is 19.8 Å². The van der Waals surface area contributed by atoms with E-state index in [1.54, 1.807) is 48.2 Å². The number of benzene rings is 2. The van der Waals surface area contributed by atoms with Crippen molar-refractivity contribution < 1.29 is 13.5 Å². The topological polar surface area (TPSA) is 80.4 Å². The van der Waals surface area contributed by atoms with Gasteiger partial charge in [-0.3, -0.25) is 0 Å². The highest BCUT2D eigenvalue weighted by Gasteiger charge is 2.06. The van der Waals surface area contributed by atoms with Gasteiger partial charge in [0.1, 0.15) is 5.75 Å². The predicted molar refractivity (Wildman–Crippen MR) is 81.6 cm³/mol. The molecule has 0 radical (unpaired) electrons. The van der Waals surface area contributed by atoms with Crippen LogP contribution in [0.1, 0.15) is 5.56 Å². The highest BCUT2D eigenvalue weighted by Crippen LogP contribution is 2.27. The summed E-state index contributed by atoms with van der Waals surface area (Å²) in [5.74, 6) is 0.777. The van der Waals surface area contributed by atoms with Gasteiger partial charge in [-0.05, 0) is 42.0 Å². The maximum absolute atomic E-state index is 11.3. The Morgan fingerprint density at radius 1 is 1.15 bits per heavy atom. The molecule has 0 heterocycles. The first-order valence-corrected chi connectivity index (χ1v) is 8.74. The lowest BCUT2D eigenvalue weighted by Gasteiger charge is -2.05. The molecular formula is C14H15NO3S2. The van der Waals surface area contributed by atoms with E-state index in [4.69, 9.17) is 5.73 Å². The molecule has 0 saturated carbocycles. The molecule has 6 heteroatoms. The first-order chi connectivity index (χ1) is 9.36. The van der Waals surface area contributed by atoms with E-state index in [0.717, 1.165) is 10.5 Å². The summed E-state index contributed by atoms with van der Waals surface area (Å²) in [5.41, 5.74) is 6.99. The summed E-state index contributed by atoms with van der Waals surface area (Å²) in [6.45, 7) is 0. The van der Waals surface area contributed by atoms with Gasteiger partial charge in [-0.1, -0.05) is 6.07 Å². The molecule has 0 fully saturated rings. The fourth-order valence-corrected chi connectivity index (χ4v) is 3.12. The second-order valence-corrected chi connectivity index (χ2v) is 7.49. The molecule has 0 aliphatic carbocycles. The van der Waals surface area contributed by atoms with Crippen LogP contribution < -0.4 is 5.73 Å². The van der Waals surface area contributed by atoms with Crippen LogP contribution >= 0.6 is 11.8 Å². The number of phenols is 1. The molecule has 0 bridgehead atoms. The van der Waals surface area contributed by atoms with Crippen LogP contribution in [0, 0.1) is 0 Å². The summed E-state index contributed by atoms with van der Waals surface area (Å²) in [4.78, 5) is 1.29. The van der Waals surface area contributed by atoms with Crippen molar-refractivity contribution in [2.45, 2.75) is 15.5 Å².